The van der Waals surface area contributed by atoms with Crippen LogP contribution in [-0.2, 0) is 0 Å². The second kappa shape index (κ2) is 3.67. The van der Waals surface area contributed by atoms with E-state index < -0.39 is 0 Å². The van der Waals surface area contributed by atoms with Crippen LogP contribution in [0.2, 0.25) is 0 Å². The van der Waals surface area contributed by atoms with Gasteiger partial charge in [-0.2, -0.15) is 0 Å². The summed E-state index contributed by atoms with van der Waals surface area (Å²) in [6.07, 6.45) is 3.72. The highest BCUT2D eigenvalue weighted by Gasteiger charge is 2.05. The average Bonchev–Trinajstić information content (AvgIpc) is 2.65. The summed E-state index contributed by atoms with van der Waals surface area (Å²) in [6.45, 7) is 1.50. The van der Waals surface area contributed by atoms with E-state index in [0.29, 0.717) is 6.54 Å². The Bertz CT molecular complexity index is 421. The number of nitrogens with two attached hydrogens (primary N) is 1. The summed E-state index contributed by atoms with van der Waals surface area (Å²) in [7, 11) is 2.03. The highest BCUT2D eigenvalue weighted by Crippen LogP contribution is 2.21. The van der Waals surface area contributed by atoms with Gasteiger partial charge in [0.2, 0.25) is 0 Å². The van der Waals surface area contributed by atoms with Crippen LogP contribution in [0.25, 0.3) is 11.0 Å². The highest BCUT2D eigenvalue weighted by molar-refractivity contribution is 5.88. The minimum absolute atomic E-state index is 0.654. The predicted molar refractivity (Wildman–Crippen MR) is 58.4 cm³/mol. The minimum atomic E-state index is 0.654. The lowest BCUT2D eigenvalue weighted by Gasteiger charge is -2.18. The van der Waals surface area contributed by atoms with E-state index in [2.05, 4.69) is 14.9 Å². The molecular weight excluding hydrogens is 176 g/mol. The molecule has 0 radical (unpaired) electrons. The molecule has 0 fully saturated rings. The summed E-state index contributed by atoms with van der Waals surface area (Å²) >= 11 is 0. The van der Waals surface area contributed by atoms with Crippen molar-refractivity contribution >= 4 is 16.7 Å². The number of anilines is 1. The molecule has 4 nitrogen and oxygen atoms in total. The molecule has 0 unspecified atom stereocenters. The Labute approximate surface area is 82.7 Å². The van der Waals surface area contributed by atoms with Gasteiger partial charge >= 0.3 is 0 Å². The van der Waals surface area contributed by atoms with Gasteiger partial charge in [0.1, 0.15) is 0 Å². The molecular formula is C10H14N4. The van der Waals surface area contributed by atoms with E-state index in [1.807, 2.05) is 31.6 Å². The summed E-state index contributed by atoms with van der Waals surface area (Å²) in [5.74, 6) is 0. The van der Waals surface area contributed by atoms with Crippen LogP contribution in [0.5, 0.6) is 0 Å². The first-order valence-electron chi connectivity index (χ1n) is 4.66. The van der Waals surface area contributed by atoms with Crippen molar-refractivity contribution in [2.24, 2.45) is 5.73 Å². The lowest BCUT2D eigenvalue weighted by Crippen LogP contribution is -2.25. The standard InChI is InChI=1S/C10H14N4/c1-14(7-4-11)9-3-6-12-8-2-5-13-10(8)9/h2-3,5-6,13H,4,7,11H2,1H3. The van der Waals surface area contributed by atoms with Crippen LogP contribution in [0.1, 0.15) is 0 Å². The second-order valence-corrected chi connectivity index (χ2v) is 3.28. The van der Waals surface area contributed by atoms with Gasteiger partial charge < -0.3 is 15.6 Å². The van der Waals surface area contributed by atoms with Crippen molar-refractivity contribution in [1.82, 2.24) is 9.97 Å². The molecule has 0 aromatic carbocycles. The van der Waals surface area contributed by atoms with Crippen LogP contribution in [0.4, 0.5) is 5.69 Å². The predicted octanol–water partition coefficient (Wildman–Crippen LogP) is 0.958. The van der Waals surface area contributed by atoms with Gasteiger partial charge in [0, 0.05) is 32.5 Å². The molecule has 2 aromatic rings. The summed E-state index contributed by atoms with van der Waals surface area (Å²) in [5, 5.41) is 0. The maximum absolute atomic E-state index is 5.52. The highest BCUT2D eigenvalue weighted by atomic mass is 15.1. The summed E-state index contributed by atoms with van der Waals surface area (Å²) in [5.41, 5.74) is 8.73. The van der Waals surface area contributed by atoms with E-state index in [4.69, 9.17) is 5.73 Å². The van der Waals surface area contributed by atoms with Crippen LogP contribution in [0, 0.1) is 0 Å². The van der Waals surface area contributed by atoms with E-state index >= 15 is 0 Å². The molecule has 0 aliphatic heterocycles. The van der Waals surface area contributed by atoms with Crippen molar-refractivity contribution in [2.45, 2.75) is 0 Å². The zero-order valence-corrected chi connectivity index (χ0v) is 8.20. The maximum Gasteiger partial charge on any atom is 0.0900 e. The minimum Gasteiger partial charge on any atom is -0.372 e. The summed E-state index contributed by atoms with van der Waals surface area (Å²) in [4.78, 5) is 9.56. The Hall–Kier alpha value is -1.55. The fourth-order valence-electron chi connectivity index (χ4n) is 1.58. The number of fused-ring (bicyclic) bond motifs is 1. The van der Waals surface area contributed by atoms with Crippen LogP contribution < -0.4 is 10.6 Å². The fourth-order valence-corrected chi connectivity index (χ4v) is 1.58. The number of hydrogen-bond donors (Lipinski definition) is 2. The molecule has 0 saturated carbocycles. The van der Waals surface area contributed by atoms with Gasteiger partial charge in [0.05, 0.1) is 16.7 Å². The van der Waals surface area contributed by atoms with Crippen LogP contribution in [0.3, 0.4) is 0 Å². The Kier molecular flexibility index (Phi) is 2.37. The summed E-state index contributed by atoms with van der Waals surface area (Å²) in [6, 6.07) is 3.96. The zero-order valence-electron chi connectivity index (χ0n) is 8.20. The number of hydrogen-bond acceptors (Lipinski definition) is 3. The first kappa shape index (κ1) is 9.02. The molecule has 2 heterocycles. The van der Waals surface area contributed by atoms with Gasteiger partial charge in [-0.1, -0.05) is 0 Å². The van der Waals surface area contributed by atoms with Crippen molar-refractivity contribution in [1.29, 1.82) is 0 Å². The van der Waals surface area contributed by atoms with Crippen molar-refractivity contribution in [3.05, 3.63) is 24.5 Å². The SMILES string of the molecule is CN(CCN)c1ccnc2cc[nH]c12. The van der Waals surface area contributed by atoms with Gasteiger partial charge in [-0.05, 0) is 12.1 Å². The van der Waals surface area contributed by atoms with E-state index in [0.717, 1.165) is 23.3 Å². The molecule has 3 N–H and O–H groups in total. The number of pyridine rings is 1. The van der Waals surface area contributed by atoms with Crippen molar-refractivity contribution in [2.75, 3.05) is 25.0 Å². The van der Waals surface area contributed by atoms with Crippen molar-refractivity contribution < 1.29 is 0 Å². The molecule has 0 bridgehead atoms. The number of nitrogens with zero attached hydrogens (tertiary/aromatic N) is 2. The topological polar surface area (TPSA) is 57.9 Å². The number of nitrogens with one attached hydrogen (secondary N) is 1. The normalized spacial score (nSPS) is 10.7. The van der Waals surface area contributed by atoms with E-state index in [-0.39, 0.29) is 0 Å². The Morgan fingerprint density at radius 3 is 3.14 bits per heavy atom. The smallest absolute Gasteiger partial charge is 0.0900 e. The summed E-state index contributed by atoms with van der Waals surface area (Å²) < 4.78 is 0. The van der Waals surface area contributed by atoms with Crippen molar-refractivity contribution in [3.8, 4) is 0 Å². The van der Waals surface area contributed by atoms with Gasteiger partial charge in [-0.25, -0.2) is 0 Å². The molecule has 2 aromatic heterocycles. The molecule has 0 aliphatic rings. The fraction of sp³-hybridized carbons (Fsp3) is 0.300. The number of H-pyrrole nitrogens is 1. The second-order valence-electron chi connectivity index (χ2n) is 3.28. The number of likely N-dealkylation sites (N-methyl/N-ethyl adjacent to an activating group) is 1. The molecule has 2 rings (SSSR count). The third-order valence-electron chi connectivity index (χ3n) is 2.30. The lowest BCUT2D eigenvalue weighted by molar-refractivity contribution is 0.887. The Morgan fingerprint density at radius 1 is 1.50 bits per heavy atom. The maximum atomic E-state index is 5.52. The lowest BCUT2D eigenvalue weighted by atomic mass is 10.3. The monoisotopic (exact) mass is 190 g/mol. The van der Waals surface area contributed by atoms with Gasteiger partial charge in [0.25, 0.3) is 0 Å². The zero-order chi connectivity index (χ0) is 9.97. The van der Waals surface area contributed by atoms with Crippen LogP contribution in [0.15, 0.2) is 24.5 Å². The van der Waals surface area contributed by atoms with Crippen LogP contribution in [-0.4, -0.2) is 30.1 Å². The number of rotatable bonds is 3. The van der Waals surface area contributed by atoms with Gasteiger partial charge in [-0.15, -0.1) is 0 Å². The molecule has 74 valence electrons. The first-order valence-corrected chi connectivity index (χ1v) is 4.66. The Morgan fingerprint density at radius 2 is 2.36 bits per heavy atom. The third kappa shape index (κ3) is 1.44. The van der Waals surface area contributed by atoms with E-state index in [9.17, 15) is 0 Å². The van der Waals surface area contributed by atoms with Gasteiger partial charge in [-0.3, -0.25) is 4.98 Å². The van der Waals surface area contributed by atoms with Gasteiger partial charge in [0.15, 0.2) is 0 Å². The molecule has 0 spiro atoms. The number of aromatic amines is 1. The van der Waals surface area contributed by atoms with Crippen LogP contribution >= 0.6 is 0 Å². The molecule has 0 aliphatic carbocycles. The molecule has 14 heavy (non-hydrogen) atoms. The Balaban J connectivity index is 2.45. The largest absolute Gasteiger partial charge is 0.372 e. The van der Waals surface area contributed by atoms with E-state index in [1.54, 1.807) is 0 Å². The molecule has 4 heteroatoms. The first-order chi connectivity index (χ1) is 6.83. The van der Waals surface area contributed by atoms with Crippen molar-refractivity contribution in [3.63, 3.8) is 0 Å². The average molecular weight is 190 g/mol. The van der Waals surface area contributed by atoms with E-state index in [1.165, 1.54) is 0 Å². The molecule has 0 saturated heterocycles. The molecule has 0 atom stereocenters. The third-order valence-corrected chi connectivity index (χ3v) is 2.30. The number of aromatic nitrogens is 2. The molecule has 0 amide bonds. The quantitative estimate of drug-likeness (QED) is 0.757.